The highest BCUT2D eigenvalue weighted by molar-refractivity contribution is 7.88. The zero-order valence-corrected chi connectivity index (χ0v) is 17.6. The molecule has 0 saturated heterocycles. The Balaban J connectivity index is 2.43. The highest BCUT2D eigenvalue weighted by Gasteiger charge is 2.48. The summed E-state index contributed by atoms with van der Waals surface area (Å²) >= 11 is 16.4. The van der Waals surface area contributed by atoms with Crippen LogP contribution in [-0.4, -0.2) is 36.8 Å². The van der Waals surface area contributed by atoms with Crippen LogP contribution in [0.15, 0.2) is 53.6 Å². The van der Waals surface area contributed by atoms with E-state index in [-0.39, 0.29) is 5.11 Å². The number of hydrogen-bond acceptors (Lipinski definition) is 5. The Kier molecular flexibility index (Phi) is 7.33. The smallest absolute Gasteiger partial charge is 0.376 e. The molecule has 0 aliphatic carbocycles. The first kappa shape index (κ1) is 23.2. The molecule has 0 spiro atoms. The molecule has 0 aliphatic rings. The summed E-state index contributed by atoms with van der Waals surface area (Å²) < 4.78 is 63.7. The molecule has 0 heterocycles. The lowest BCUT2D eigenvalue weighted by Crippen LogP contribution is -2.29. The van der Waals surface area contributed by atoms with Gasteiger partial charge in [0, 0.05) is 35.0 Å². The summed E-state index contributed by atoms with van der Waals surface area (Å²) in [6, 6.07) is 11.4. The molecular formula is C16H12Cl2F3N3O3S2. The van der Waals surface area contributed by atoms with E-state index in [1.54, 1.807) is 24.3 Å². The lowest BCUT2D eigenvalue weighted by atomic mass is 10.0. The number of benzene rings is 2. The van der Waals surface area contributed by atoms with E-state index >= 15 is 0 Å². The van der Waals surface area contributed by atoms with Crippen molar-refractivity contribution in [3.05, 3.63) is 64.7 Å². The number of rotatable bonds is 5. The zero-order chi connectivity index (χ0) is 21.8. The molecule has 0 amide bonds. The Labute approximate surface area is 180 Å². The molecule has 0 fully saturated rings. The number of halogens is 5. The van der Waals surface area contributed by atoms with Crippen molar-refractivity contribution in [2.24, 2.45) is 5.10 Å². The van der Waals surface area contributed by atoms with E-state index in [1.807, 2.05) is 0 Å². The summed E-state index contributed by atoms with van der Waals surface area (Å²) in [5, 5.41) is 6.19. The summed E-state index contributed by atoms with van der Waals surface area (Å²) in [6.45, 7) is 0. The lowest BCUT2D eigenvalue weighted by Gasteiger charge is -2.16. The Morgan fingerprint density at radius 1 is 1.10 bits per heavy atom. The van der Waals surface area contributed by atoms with Crippen LogP contribution >= 0.6 is 35.6 Å². The van der Waals surface area contributed by atoms with Crippen LogP contribution in [0.1, 0.15) is 11.1 Å². The zero-order valence-electron chi connectivity index (χ0n) is 14.4. The molecule has 6 nitrogen and oxygen atoms in total. The Bertz CT molecular complexity index is 1010. The summed E-state index contributed by atoms with van der Waals surface area (Å²) in [5.41, 5.74) is -4.12. The molecule has 0 radical (unpaired) electrons. The molecule has 0 aliphatic heterocycles. The summed E-state index contributed by atoms with van der Waals surface area (Å²) in [5.74, 6) is -0.507. The summed E-state index contributed by atoms with van der Waals surface area (Å²) in [6.07, 6.45) is 0. The first-order valence-electron chi connectivity index (χ1n) is 7.54. The second-order valence-electron chi connectivity index (χ2n) is 5.39. The minimum atomic E-state index is -5.77. The predicted octanol–water partition coefficient (Wildman–Crippen LogP) is 4.28. The van der Waals surface area contributed by atoms with Gasteiger partial charge in [-0.3, -0.25) is 4.84 Å². The van der Waals surface area contributed by atoms with Gasteiger partial charge in [-0.15, -0.1) is 0 Å². The van der Waals surface area contributed by atoms with Crippen LogP contribution in [0.2, 0.25) is 5.02 Å². The molecule has 13 heteroatoms. The first-order valence-corrected chi connectivity index (χ1v) is 10.1. The highest BCUT2D eigenvalue weighted by Crippen LogP contribution is 2.27. The summed E-state index contributed by atoms with van der Waals surface area (Å²) in [4.78, 5) is 2.24. The fourth-order valence-electron chi connectivity index (χ4n) is 1.99. The van der Waals surface area contributed by atoms with Crippen molar-refractivity contribution < 1.29 is 25.8 Å². The van der Waals surface area contributed by atoms with Gasteiger partial charge in [0.2, 0.25) is 5.11 Å². The third-order valence-corrected chi connectivity index (χ3v) is 5.25. The SMILES string of the molecule is CN(N=C(c1ccc(Cl)cc1)c1ccc(OS(=O)(=O)C(F)(F)F)cc1)C(=S)NCl. The van der Waals surface area contributed by atoms with Crippen molar-refractivity contribution in [1.29, 1.82) is 0 Å². The normalized spacial score (nSPS) is 12.4. The highest BCUT2D eigenvalue weighted by atomic mass is 35.5. The van der Waals surface area contributed by atoms with Crippen molar-refractivity contribution in [2.45, 2.75) is 5.51 Å². The molecule has 2 rings (SSSR count). The minimum Gasteiger partial charge on any atom is -0.376 e. The number of nitrogens with zero attached hydrogens (tertiary/aromatic N) is 2. The maximum absolute atomic E-state index is 12.5. The molecule has 156 valence electrons. The number of hydrazone groups is 1. The van der Waals surface area contributed by atoms with Crippen LogP contribution in [0.25, 0.3) is 0 Å². The quantitative estimate of drug-likeness (QED) is 0.170. The molecule has 2 aromatic carbocycles. The van der Waals surface area contributed by atoms with E-state index in [2.05, 4.69) is 14.1 Å². The maximum Gasteiger partial charge on any atom is 0.534 e. The van der Waals surface area contributed by atoms with Gasteiger partial charge in [-0.1, -0.05) is 23.7 Å². The van der Waals surface area contributed by atoms with E-state index in [0.29, 0.717) is 21.9 Å². The molecule has 0 aromatic heterocycles. The van der Waals surface area contributed by atoms with Crippen LogP contribution in [0.3, 0.4) is 0 Å². The average Bonchev–Trinajstić information content (AvgIpc) is 2.65. The van der Waals surface area contributed by atoms with Crippen molar-refractivity contribution in [3.63, 3.8) is 0 Å². The van der Waals surface area contributed by atoms with Gasteiger partial charge < -0.3 is 4.18 Å². The van der Waals surface area contributed by atoms with Gasteiger partial charge in [-0.2, -0.15) is 26.7 Å². The monoisotopic (exact) mass is 485 g/mol. The third kappa shape index (κ3) is 5.95. The first-order chi connectivity index (χ1) is 13.4. The predicted molar refractivity (Wildman–Crippen MR) is 108 cm³/mol. The summed E-state index contributed by atoms with van der Waals surface area (Å²) in [7, 11) is -4.24. The lowest BCUT2D eigenvalue weighted by molar-refractivity contribution is -0.0500. The van der Waals surface area contributed by atoms with Gasteiger partial charge in [0.1, 0.15) is 5.75 Å². The van der Waals surface area contributed by atoms with Gasteiger partial charge >= 0.3 is 15.6 Å². The van der Waals surface area contributed by atoms with E-state index in [1.165, 1.54) is 24.2 Å². The maximum atomic E-state index is 12.5. The van der Waals surface area contributed by atoms with Gasteiger partial charge in [0.05, 0.1) is 5.71 Å². The van der Waals surface area contributed by atoms with Gasteiger partial charge in [0.15, 0.2) is 0 Å². The van der Waals surface area contributed by atoms with Gasteiger partial charge in [-0.05, 0) is 48.6 Å². The van der Waals surface area contributed by atoms with Crippen LogP contribution in [0.5, 0.6) is 5.75 Å². The Morgan fingerprint density at radius 3 is 2.03 bits per heavy atom. The van der Waals surface area contributed by atoms with Crippen LogP contribution < -0.4 is 9.02 Å². The Hall–Kier alpha value is -2.08. The molecule has 0 bridgehead atoms. The average molecular weight is 486 g/mol. The van der Waals surface area contributed by atoms with Gasteiger partial charge in [-0.25, -0.2) is 5.01 Å². The van der Waals surface area contributed by atoms with Crippen molar-refractivity contribution in [1.82, 2.24) is 9.84 Å². The van der Waals surface area contributed by atoms with Crippen LogP contribution in [-0.2, 0) is 10.1 Å². The van der Waals surface area contributed by atoms with Crippen molar-refractivity contribution in [3.8, 4) is 5.75 Å². The molecule has 2 aromatic rings. The second kappa shape index (κ2) is 9.16. The van der Waals surface area contributed by atoms with Crippen LogP contribution in [0.4, 0.5) is 13.2 Å². The largest absolute Gasteiger partial charge is 0.534 e. The standard InChI is InChI=1S/C16H12Cl2F3N3O3S2/c1-24(15(28)22-18)23-14(10-2-6-12(17)7-3-10)11-4-8-13(9-5-11)27-29(25,26)16(19,20)21/h2-9H,1H3,(H,22,28). The molecule has 0 unspecified atom stereocenters. The van der Waals surface area contributed by atoms with Crippen molar-refractivity contribution >= 4 is 56.5 Å². The topological polar surface area (TPSA) is 71.0 Å². The number of thiocarbonyl (C=S) groups is 1. The van der Waals surface area contributed by atoms with Crippen molar-refractivity contribution in [2.75, 3.05) is 7.05 Å². The molecule has 0 atom stereocenters. The van der Waals surface area contributed by atoms with E-state index < -0.39 is 21.4 Å². The fraction of sp³-hybridized carbons (Fsp3) is 0.125. The fourth-order valence-corrected chi connectivity index (χ4v) is 2.74. The van der Waals surface area contributed by atoms with E-state index in [4.69, 9.17) is 35.6 Å². The van der Waals surface area contributed by atoms with E-state index in [0.717, 1.165) is 12.1 Å². The van der Waals surface area contributed by atoms with Crippen LogP contribution in [0, 0.1) is 0 Å². The molecule has 0 saturated carbocycles. The third-order valence-electron chi connectivity index (χ3n) is 3.36. The van der Waals surface area contributed by atoms with Gasteiger partial charge in [0.25, 0.3) is 0 Å². The number of alkyl halides is 3. The minimum absolute atomic E-state index is 0.0920. The number of nitrogens with one attached hydrogen (secondary N) is 1. The van der Waals surface area contributed by atoms with E-state index in [9.17, 15) is 21.6 Å². The molecule has 1 N–H and O–H groups in total. The molecule has 29 heavy (non-hydrogen) atoms. The Morgan fingerprint density at radius 2 is 1.59 bits per heavy atom. The second-order valence-corrected chi connectivity index (χ2v) is 7.94. The number of hydrogen-bond donors (Lipinski definition) is 1. The molecular weight excluding hydrogens is 474 g/mol.